The molecule has 0 radical (unpaired) electrons. The molecule has 8 nitrogen and oxygen atoms in total. The summed E-state index contributed by atoms with van der Waals surface area (Å²) in [6.07, 6.45) is 3.59. The van der Waals surface area contributed by atoms with Crippen molar-refractivity contribution in [1.29, 1.82) is 0 Å². The minimum absolute atomic E-state index is 0.0228. The number of carbonyl (C=O) groups excluding carboxylic acids is 3. The van der Waals surface area contributed by atoms with E-state index >= 15 is 0 Å². The topological polar surface area (TPSA) is 104 Å². The summed E-state index contributed by atoms with van der Waals surface area (Å²) < 4.78 is 26.4. The SMILES string of the molecule is C[C@@H](C(=O)NC1CCCC1)N(Cc1ccc(Cl)cc1Cl)C(=O)CCN1C(=O)c2ccccc2S1(=O)=O. The first-order chi connectivity index (χ1) is 17.1. The Balaban J connectivity index is 1.52. The Labute approximate surface area is 220 Å². The lowest BCUT2D eigenvalue weighted by atomic mass is 10.1. The molecule has 36 heavy (non-hydrogen) atoms. The van der Waals surface area contributed by atoms with Crippen LogP contribution in [-0.2, 0) is 26.2 Å². The number of amides is 3. The molecule has 0 bridgehead atoms. The lowest BCUT2D eigenvalue weighted by Crippen LogP contribution is -2.50. The maximum absolute atomic E-state index is 13.4. The van der Waals surface area contributed by atoms with E-state index in [9.17, 15) is 22.8 Å². The van der Waals surface area contributed by atoms with Crippen molar-refractivity contribution >= 4 is 50.9 Å². The molecule has 3 amide bonds. The summed E-state index contributed by atoms with van der Waals surface area (Å²) in [5.41, 5.74) is 0.672. The molecule has 0 unspecified atom stereocenters. The monoisotopic (exact) mass is 551 g/mol. The molecule has 1 fully saturated rings. The minimum Gasteiger partial charge on any atom is -0.352 e. The summed E-state index contributed by atoms with van der Waals surface area (Å²) in [6, 6.07) is 10.0. The molecule has 1 N–H and O–H groups in total. The van der Waals surface area contributed by atoms with Crippen LogP contribution >= 0.6 is 23.2 Å². The molecule has 2 aromatic rings. The smallest absolute Gasteiger partial charge is 0.269 e. The number of sulfonamides is 1. The number of benzene rings is 2. The van der Waals surface area contributed by atoms with Gasteiger partial charge in [-0.15, -0.1) is 0 Å². The Morgan fingerprint density at radius 1 is 1.14 bits per heavy atom. The van der Waals surface area contributed by atoms with Gasteiger partial charge in [0.05, 0.1) is 5.56 Å². The quantitative estimate of drug-likeness (QED) is 0.533. The summed E-state index contributed by atoms with van der Waals surface area (Å²) >= 11 is 12.3. The standard InChI is InChI=1S/C25H27Cl2N3O5S/c1-16(24(32)28-19-6-2-3-7-19)29(15-17-10-11-18(26)14-21(17)27)23(31)12-13-30-25(33)20-8-4-5-9-22(20)36(30,34)35/h4-5,8-11,14,16,19H,2-3,6-7,12-13,15H2,1H3,(H,28,32)/t16-/m0/s1. The summed E-state index contributed by atoms with van der Waals surface area (Å²) in [7, 11) is -4.04. The van der Waals surface area contributed by atoms with Gasteiger partial charge in [-0.25, -0.2) is 12.7 Å². The number of rotatable bonds is 8. The van der Waals surface area contributed by atoms with Crippen LogP contribution in [0.25, 0.3) is 0 Å². The van der Waals surface area contributed by atoms with Crippen LogP contribution in [0.15, 0.2) is 47.4 Å². The number of nitrogens with zero attached hydrogens (tertiary/aromatic N) is 2. The van der Waals surface area contributed by atoms with Gasteiger partial charge < -0.3 is 10.2 Å². The number of halogens is 2. The van der Waals surface area contributed by atoms with Crippen molar-refractivity contribution in [1.82, 2.24) is 14.5 Å². The van der Waals surface area contributed by atoms with Gasteiger partial charge in [0.2, 0.25) is 11.8 Å². The molecule has 4 rings (SSSR count). The van der Waals surface area contributed by atoms with Crippen molar-refractivity contribution in [3.05, 3.63) is 63.6 Å². The zero-order valence-electron chi connectivity index (χ0n) is 19.7. The van der Waals surface area contributed by atoms with E-state index in [2.05, 4.69) is 5.32 Å². The van der Waals surface area contributed by atoms with Crippen LogP contribution in [0.5, 0.6) is 0 Å². The molecular weight excluding hydrogens is 525 g/mol. The third-order valence-corrected chi connectivity index (χ3v) is 9.09. The molecule has 11 heteroatoms. The average Bonchev–Trinajstić information content (AvgIpc) is 3.41. The highest BCUT2D eigenvalue weighted by molar-refractivity contribution is 7.90. The number of carbonyl (C=O) groups is 3. The molecule has 192 valence electrons. The molecule has 0 spiro atoms. The highest BCUT2D eigenvalue weighted by atomic mass is 35.5. The second kappa shape index (κ2) is 10.8. The van der Waals surface area contributed by atoms with E-state index in [1.165, 1.54) is 17.0 Å². The summed E-state index contributed by atoms with van der Waals surface area (Å²) in [5.74, 6) is -1.44. The van der Waals surface area contributed by atoms with E-state index in [1.807, 2.05) is 0 Å². The van der Waals surface area contributed by atoms with Crippen molar-refractivity contribution in [2.75, 3.05) is 6.54 Å². The van der Waals surface area contributed by atoms with Gasteiger partial charge in [-0.2, -0.15) is 0 Å². The summed E-state index contributed by atoms with van der Waals surface area (Å²) in [6.45, 7) is 1.31. The first kappa shape index (κ1) is 26.4. The Hall–Kier alpha value is -2.62. The van der Waals surface area contributed by atoms with Gasteiger partial charge in [-0.3, -0.25) is 14.4 Å². The van der Waals surface area contributed by atoms with E-state index < -0.39 is 27.9 Å². The molecule has 2 aliphatic rings. The fraction of sp³-hybridized carbons (Fsp3) is 0.400. The van der Waals surface area contributed by atoms with Gasteiger partial charge in [-0.1, -0.05) is 54.2 Å². The molecule has 1 aliphatic heterocycles. The molecule has 1 heterocycles. The van der Waals surface area contributed by atoms with Crippen LogP contribution < -0.4 is 5.32 Å². The second-order valence-electron chi connectivity index (χ2n) is 9.05. The van der Waals surface area contributed by atoms with Gasteiger partial charge in [0, 0.05) is 35.6 Å². The number of fused-ring (bicyclic) bond motifs is 1. The molecule has 1 saturated carbocycles. The first-order valence-electron chi connectivity index (χ1n) is 11.8. The zero-order valence-corrected chi connectivity index (χ0v) is 22.1. The fourth-order valence-corrected chi connectivity index (χ4v) is 6.64. The average molecular weight is 552 g/mol. The maximum Gasteiger partial charge on any atom is 0.269 e. The molecular formula is C25H27Cl2N3O5S. The van der Waals surface area contributed by atoms with Crippen LogP contribution in [0.3, 0.4) is 0 Å². The third kappa shape index (κ3) is 5.38. The Morgan fingerprint density at radius 3 is 2.50 bits per heavy atom. The molecule has 1 aliphatic carbocycles. The van der Waals surface area contributed by atoms with Crippen LogP contribution in [0, 0.1) is 0 Å². The molecule has 2 aromatic carbocycles. The Kier molecular flexibility index (Phi) is 7.92. The van der Waals surface area contributed by atoms with Crippen LogP contribution in [0.1, 0.15) is 54.9 Å². The predicted molar refractivity (Wildman–Crippen MR) is 136 cm³/mol. The van der Waals surface area contributed by atoms with Gasteiger partial charge in [0.25, 0.3) is 15.9 Å². The normalized spacial score (nSPS) is 17.6. The zero-order chi connectivity index (χ0) is 26.0. The number of hydrogen-bond acceptors (Lipinski definition) is 5. The first-order valence-corrected chi connectivity index (χ1v) is 14.0. The summed E-state index contributed by atoms with van der Waals surface area (Å²) in [5, 5.41) is 3.79. The van der Waals surface area contributed by atoms with Crippen molar-refractivity contribution < 1.29 is 22.8 Å². The van der Waals surface area contributed by atoms with E-state index in [-0.39, 0.29) is 41.9 Å². The van der Waals surface area contributed by atoms with Gasteiger partial charge >= 0.3 is 0 Å². The maximum atomic E-state index is 13.4. The number of hydrogen-bond donors (Lipinski definition) is 1. The van der Waals surface area contributed by atoms with E-state index in [0.717, 1.165) is 25.7 Å². The fourth-order valence-electron chi connectivity index (χ4n) is 4.60. The van der Waals surface area contributed by atoms with E-state index in [1.54, 1.807) is 37.3 Å². The molecule has 0 saturated heterocycles. The van der Waals surface area contributed by atoms with Crippen LogP contribution in [-0.4, -0.2) is 54.0 Å². The van der Waals surface area contributed by atoms with Crippen LogP contribution in [0.4, 0.5) is 0 Å². The second-order valence-corrected chi connectivity index (χ2v) is 11.7. The number of nitrogens with one attached hydrogen (secondary N) is 1. The van der Waals surface area contributed by atoms with Crippen molar-refractivity contribution in [3.63, 3.8) is 0 Å². The lowest BCUT2D eigenvalue weighted by Gasteiger charge is -2.30. The van der Waals surface area contributed by atoms with E-state index in [0.29, 0.717) is 19.9 Å². The van der Waals surface area contributed by atoms with Gasteiger partial charge in [-0.05, 0) is 49.6 Å². The van der Waals surface area contributed by atoms with Crippen molar-refractivity contribution in [2.24, 2.45) is 0 Å². The summed E-state index contributed by atoms with van der Waals surface area (Å²) in [4.78, 5) is 40.4. The molecule has 0 aromatic heterocycles. The predicted octanol–water partition coefficient (Wildman–Crippen LogP) is 4.00. The lowest BCUT2D eigenvalue weighted by molar-refractivity contribution is -0.140. The van der Waals surface area contributed by atoms with E-state index in [4.69, 9.17) is 23.2 Å². The third-order valence-electron chi connectivity index (χ3n) is 6.67. The largest absolute Gasteiger partial charge is 0.352 e. The highest BCUT2D eigenvalue weighted by Gasteiger charge is 2.41. The highest BCUT2D eigenvalue weighted by Crippen LogP contribution is 2.30. The minimum atomic E-state index is -4.04. The van der Waals surface area contributed by atoms with Crippen molar-refractivity contribution in [2.45, 2.75) is 62.6 Å². The van der Waals surface area contributed by atoms with Crippen LogP contribution in [0.2, 0.25) is 10.0 Å². The van der Waals surface area contributed by atoms with Crippen molar-refractivity contribution in [3.8, 4) is 0 Å². The Bertz CT molecular complexity index is 1290. The molecule has 1 atom stereocenters. The van der Waals surface area contributed by atoms with Gasteiger partial charge in [0.1, 0.15) is 10.9 Å². The Morgan fingerprint density at radius 2 is 1.83 bits per heavy atom. The van der Waals surface area contributed by atoms with Gasteiger partial charge in [0.15, 0.2) is 0 Å².